The van der Waals surface area contributed by atoms with Crippen LogP contribution in [0.25, 0.3) is 0 Å². The van der Waals surface area contributed by atoms with Crippen molar-refractivity contribution in [3.05, 3.63) is 35.4 Å². The Hall–Kier alpha value is -1.57. The number of hydrogen-bond acceptors (Lipinski definition) is 7. The molecular formula is C15H20NO7P. The topological polar surface area (TPSA) is 91.4 Å². The summed E-state index contributed by atoms with van der Waals surface area (Å²) in [6, 6.07) is 6.50. The zero-order valence-corrected chi connectivity index (χ0v) is 14.5. The summed E-state index contributed by atoms with van der Waals surface area (Å²) in [6.07, 6.45) is 0.246. The third-order valence-electron chi connectivity index (χ3n) is 3.25. The van der Waals surface area contributed by atoms with Crippen LogP contribution in [0.1, 0.15) is 34.6 Å². The molecule has 0 saturated heterocycles. The molecule has 2 rings (SSSR count). The van der Waals surface area contributed by atoms with Gasteiger partial charge in [0.05, 0.1) is 30.9 Å². The van der Waals surface area contributed by atoms with Gasteiger partial charge in [-0.1, -0.05) is 19.1 Å². The lowest BCUT2D eigenvalue weighted by atomic mass is 10.1. The summed E-state index contributed by atoms with van der Waals surface area (Å²) in [4.78, 5) is 29.2. The third kappa shape index (κ3) is 4.28. The minimum absolute atomic E-state index is 0.0279. The molecule has 1 aromatic rings. The number of rotatable bonds is 10. The summed E-state index contributed by atoms with van der Waals surface area (Å²) in [5.74, 6) is -1.00. The molecule has 0 spiro atoms. The standard InChI is InChI=1S/C15H20NO7P/c1-3-22-24(19,4-2)23-11-20-9-10-21-16-14(17)12-7-5-6-8-13(12)15(16)18/h5-8H,3-4,9-11H2,1-2H3. The highest BCUT2D eigenvalue weighted by Gasteiger charge is 2.36. The van der Waals surface area contributed by atoms with Crippen molar-refractivity contribution in [2.45, 2.75) is 13.8 Å². The predicted molar refractivity (Wildman–Crippen MR) is 84.6 cm³/mol. The van der Waals surface area contributed by atoms with E-state index in [1.165, 1.54) is 0 Å². The van der Waals surface area contributed by atoms with Gasteiger partial charge in [-0.15, -0.1) is 5.06 Å². The van der Waals surface area contributed by atoms with Crippen molar-refractivity contribution in [3.8, 4) is 0 Å². The van der Waals surface area contributed by atoms with Crippen LogP contribution in [0.4, 0.5) is 0 Å². The second kappa shape index (κ2) is 8.50. The molecule has 0 saturated carbocycles. The van der Waals surface area contributed by atoms with Gasteiger partial charge < -0.3 is 9.26 Å². The molecule has 132 valence electrons. The van der Waals surface area contributed by atoms with Crippen LogP contribution < -0.4 is 0 Å². The maximum Gasteiger partial charge on any atom is 0.332 e. The highest BCUT2D eigenvalue weighted by molar-refractivity contribution is 7.53. The van der Waals surface area contributed by atoms with Crippen molar-refractivity contribution < 1.29 is 32.8 Å². The number of ether oxygens (including phenoxy) is 1. The number of hydrogen-bond donors (Lipinski definition) is 0. The van der Waals surface area contributed by atoms with E-state index in [2.05, 4.69) is 0 Å². The Balaban J connectivity index is 1.72. The molecule has 1 atom stereocenters. The van der Waals surface area contributed by atoms with Gasteiger partial charge in [0, 0.05) is 6.16 Å². The molecule has 1 heterocycles. The van der Waals surface area contributed by atoms with E-state index < -0.39 is 19.4 Å². The van der Waals surface area contributed by atoms with Crippen molar-refractivity contribution in [1.29, 1.82) is 0 Å². The molecule has 2 amide bonds. The molecule has 1 aliphatic rings. The Morgan fingerprint density at radius 1 is 1.00 bits per heavy atom. The molecule has 1 unspecified atom stereocenters. The molecule has 1 aliphatic heterocycles. The highest BCUT2D eigenvalue weighted by atomic mass is 31.2. The van der Waals surface area contributed by atoms with Crippen molar-refractivity contribution in [1.82, 2.24) is 5.06 Å². The summed E-state index contributed by atoms with van der Waals surface area (Å²) >= 11 is 0. The number of carbonyl (C=O) groups is 2. The van der Waals surface area contributed by atoms with E-state index in [9.17, 15) is 14.2 Å². The van der Waals surface area contributed by atoms with Gasteiger partial charge in [0.25, 0.3) is 11.8 Å². The molecule has 24 heavy (non-hydrogen) atoms. The Morgan fingerprint density at radius 2 is 1.62 bits per heavy atom. The van der Waals surface area contributed by atoms with Gasteiger partial charge in [0.1, 0.15) is 0 Å². The molecule has 1 aromatic carbocycles. The maximum absolute atomic E-state index is 12.0. The lowest BCUT2D eigenvalue weighted by Gasteiger charge is -2.16. The smallest absolute Gasteiger partial charge is 0.332 e. The zero-order valence-electron chi connectivity index (χ0n) is 13.6. The first kappa shape index (κ1) is 18.8. The lowest BCUT2D eigenvalue weighted by Crippen LogP contribution is -2.31. The van der Waals surface area contributed by atoms with E-state index >= 15 is 0 Å². The fourth-order valence-corrected chi connectivity index (χ4v) is 3.13. The van der Waals surface area contributed by atoms with E-state index in [0.29, 0.717) is 16.2 Å². The van der Waals surface area contributed by atoms with Gasteiger partial charge >= 0.3 is 7.60 Å². The minimum Gasteiger partial charge on any atom is -0.352 e. The predicted octanol–water partition coefficient (Wildman–Crippen LogP) is 2.45. The first-order chi connectivity index (χ1) is 11.5. The van der Waals surface area contributed by atoms with Crippen LogP contribution >= 0.6 is 7.60 Å². The fourth-order valence-electron chi connectivity index (χ4n) is 2.06. The normalized spacial score (nSPS) is 16.3. The second-order valence-corrected chi connectivity index (χ2v) is 7.15. The lowest BCUT2D eigenvalue weighted by molar-refractivity contribution is -0.115. The molecule has 9 heteroatoms. The maximum atomic E-state index is 12.0. The summed E-state index contributed by atoms with van der Waals surface area (Å²) < 4.78 is 27.3. The fraction of sp³-hybridized carbons (Fsp3) is 0.467. The van der Waals surface area contributed by atoms with Crippen LogP contribution in [0, 0.1) is 0 Å². The van der Waals surface area contributed by atoms with Crippen LogP contribution in [-0.4, -0.2) is 49.7 Å². The van der Waals surface area contributed by atoms with Crippen LogP contribution in [0.2, 0.25) is 0 Å². The molecule has 0 N–H and O–H groups in total. The summed E-state index contributed by atoms with van der Waals surface area (Å²) in [7, 11) is -3.11. The Kier molecular flexibility index (Phi) is 6.65. The largest absolute Gasteiger partial charge is 0.352 e. The van der Waals surface area contributed by atoms with Gasteiger partial charge in [-0.05, 0) is 19.1 Å². The van der Waals surface area contributed by atoms with Crippen LogP contribution in [0.3, 0.4) is 0 Å². The summed E-state index contributed by atoms with van der Waals surface area (Å²) in [6.45, 7) is 3.51. The van der Waals surface area contributed by atoms with E-state index in [1.807, 2.05) is 0 Å². The Bertz CT molecular complexity index is 613. The van der Waals surface area contributed by atoms with Gasteiger partial charge in [-0.2, -0.15) is 0 Å². The Labute approximate surface area is 140 Å². The van der Waals surface area contributed by atoms with E-state index in [1.54, 1.807) is 38.1 Å². The quantitative estimate of drug-likeness (QED) is 0.275. The Morgan fingerprint density at radius 3 is 2.17 bits per heavy atom. The number of imide groups is 1. The average molecular weight is 357 g/mol. The molecule has 0 radical (unpaired) electrons. The summed E-state index contributed by atoms with van der Waals surface area (Å²) in [5, 5.41) is 0.714. The molecule has 0 aromatic heterocycles. The van der Waals surface area contributed by atoms with Gasteiger partial charge in [0.15, 0.2) is 6.79 Å². The number of hydroxylamine groups is 2. The third-order valence-corrected chi connectivity index (χ3v) is 5.18. The SMILES string of the molecule is CCOP(=O)(CC)OCOCCON1C(=O)c2ccccc2C1=O. The molecule has 8 nitrogen and oxygen atoms in total. The van der Waals surface area contributed by atoms with E-state index in [-0.39, 0.29) is 32.8 Å². The average Bonchev–Trinajstić information content (AvgIpc) is 2.83. The van der Waals surface area contributed by atoms with Crippen molar-refractivity contribution in [2.24, 2.45) is 0 Å². The number of benzene rings is 1. The van der Waals surface area contributed by atoms with Gasteiger partial charge in [-0.3, -0.25) is 23.5 Å². The molecule has 0 aliphatic carbocycles. The van der Waals surface area contributed by atoms with Crippen LogP contribution in [0.5, 0.6) is 0 Å². The molecular weight excluding hydrogens is 337 g/mol. The first-order valence-electron chi connectivity index (χ1n) is 7.59. The summed E-state index contributed by atoms with van der Waals surface area (Å²) in [5.41, 5.74) is 0.625. The monoisotopic (exact) mass is 357 g/mol. The van der Waals surface area contributed by atoms with Crippen molar-refractivity contribution in [3.63, 3.8) is 0 Å². The van der Waals surface area contributed by atoms with Crippen molar-refractivity contribution >= 4 is 19.4 Å². The zero-order chi connectivity index (χ0) is 17.6. The minimum atomic E-state index is -3.11. The number of amides is 2. The van der Waals surface area contributed by atoms with E-state index in [0.717, 1.165) is 0 Å². The first-order valence-corrected chi connectivity index (χ1v) is 9.31. The van der Waals surface area contributed by atoms with Crippen molar-refractivity contribution in [2.75, 3.05) is 32.8 Å². The molecule has 0 fully saturated rings. The van der Waals surface area contributed by atoms with Gasteiger partial charge in [0.2, 0.25) is 0 Å². The number of carbonyl (C=O) groups excluding carboxylic acids is 2. The van der Waals surface area contributed by atoms with Crippen LogP contribution in [-0.2, 0) is 23.2 Å². The van der Waals surface area contributed by atoms with Gasteiger partial charge in [-0.25, -0.2) is 0 Å². The molecule has 0 bridgehead atoms. The number of nitrogens with zero attached hydrogens (tertiary/aromatic N) is 1. The highest BCUT2D eigenvalue weighted by Crippen LogP contribution is 2.47. The number of fused-ring (bicyclic) bond motifs is 1. The van der Waals surface area contributed by atoms with Crippen LogP contribution in [0.15, 0.2) is 24.3 Å². The van der Waals surface area contributed by atoms with E-state index in [4.69, 9.17) is 18.6 Å². The second-order valence-electron chi connectivity index (χ2n) is 4.78.